The minimum Gasteiger partial charge on any atom is -0.432 e. The topological polar surface area (TPSA) is 35.5 Å². The summed E-state index contributed by atoms with van der Waals surface area (Å²) >= 11 is 0. The van der Waals surface area contributed by atoms with E-state index in [1.54, 1.807) is 13.8 Å². The van der Waals surface area contributed by atoms with E-state index in [0.29, 0.717) is 0 Å². The molecule has 0 saturated heterocycles. The molecule has 3 nitrogen and oxygen atoms in total. The van der Waals surface area contributed by atoms with Crippen molar-refractivity contribution in [1.29, 1.82) is 0 Å². The predicted molar refractivity (Wildman–Crippen MR) is 97.5 cm³/mol. The van der Waals surface area contributed by atoms with Gasteiger partial charge in [-0.2, -0.15) is 0 Å². The molecule has 0 unspecified atom stereocenters. The Bertz CT molecular complexity index is 446. The standard InChI is InChI=1S/C20H36O3/c1-15(2)22-17(21)23-20(9,10)13-16(3)11-12-19(7,8)14-18(4,5)6/h11-13,15H,14H2,1-10H3/b12-11-,16-13-. The first-order valence-corrected chi connectivity index (χ1v) is 8.40. The van der Waals surface area contributed by atoms with Gasteiger partial charge in [-0.25, -0.2) is 4.79 Å². The van der Waals surface area contributed by atoms with Crippen LogP contribution in [0.2, 0.25) is 0 Å². The molecule has 0 fully saturated rings. The van der Waals surface area contributed by atoms with Crippen molar-refractivity contribution in [2.45, 2.75) is 87.4 Å². The number of rotatable bonds is 6. The third-order valence-corrected chi connectivity index (χ3v) is 3.04. The lowest BCUT2D eigenvalue weighted by molar-refractivity contribution is -0.00859. The highest BCUT2D eigenvalue weighted by Gasteiger charge is 2.24. The summed E-state index contributed by atoms with van der Waals surface area (Å²) in [7, 11) is 0. The molecule has 134 valence electrons. The van der Waals surface area contributed by atoms with Gasteiger partial charge in [0.15, 0.2) is 0 Å². The molecule has 0 saturated carbocycles. The SMILES string of the molecule is CC(/C=C\C(C)(C)CC(C)(C)C)=C/C(C)(C)OC(=O)OC(C)C. The molecule has 0 N–H and O–H groups in total. The number of hydrogen-bond acceptors (Lipinski definition) is 3. The number of ether oxygens (including phenoxy) is 2. The molecule has 0 aliphatic carbocycles. The van der Waals surface area contributed by atoms with E-state index in [-0.39, 0.29) is 16.9 Å². The zero-order valence-electron chi connectivity index (χ0n) is 16.7. The van der Waals surface area contributed by atoms with Crippen LogP contribution in [0.5, 0.6) is 0 Å². The molecule has 0 heterocycles. The van der Waals surface area contributed by atoms with Crippen molar-refractivity contribution in [3.63, 3.8) is 0 Å². The molecule has 0 aliphatic rings. The van der Waals surface area contributed by atoms with Gasteiger partial charge in [0.1, 0.15) is 5.60 Å². The van der Waals surface area contributed by atoms with Crippen LogP contribution >= 0.6 is 0 Å². The van der Waals surface area contributed by atoms with Gasteiger partial charge in [0, 0.05) is 0 Å². The van der Waals surface area contributed by atoms with Gasteiger partial charge < -0.3 is 9.47 Å². The van der Waals surface area contributed by atoms with E-state index in [4.69, 9.17) is 9.47 Å². The first-order valence-electron chi connectivity index (χ1n) is 8.40. The number of carbonyl (C=O) groups is 1. The van der Waals surface area contributed by atoms with Gasteiger partial charge in [0.2, 0.25) is 0 Å². The largest absolute Gasteiger partial charge is 0.509 e. The fourth-order valence-electron chi connectivity index (χ4n) is 2.84. The minimum atomic E-state index is -0.700. The molecule has 23 heavy (non-hydrogen) atoms. The van der Waals surface area contributed by atoms with Crippen LogP contribution in [-0.2, 0) is 9.47 Å². The lowest BCUT2D eigenvalue weighted by atomic mass is 9.76. The molecule has 0 aliphatic heterocycles. The molecule has 0 aromatic carbocycles. The van der Waals surface area contributed by atoms with Gasteiger partial charge >= 0.3 is 6.16 Å². The van der Waals surface area contributed by atoms with Crippen molar-refractivity contribution < 1.29 is 14.3 Å². The molecule has 0 amide bonds. The van der Waals surface area contributed by atoms with Crippen molar-refractivity contribution in [1.82, 2.24) is 0 Å². The summed E-state index contributed by atoms with van der Waals surface area (Å²) in [6.45, 7) is 20.6. The van der Waals surface area contributed by atoms with Crippen LogP contribution in [-0.4, -0.2) is 17.9 Å². The average Bonchev–Trinajstić information content (AvgIpc) is 2.19. The highest BCUT2D eigenvalue weighted by Crippen LogP contribution is 2.34. The highest BCUT2D eigenvalue weighted by molar-refractivity contribution is 5.61. The molecule has 0 rings (SSSR count). The molecule has 0 atom stereocenters. The summed E-state index contributed by atoms with van der Waals surface area (Å²) in [5, 5.41) is 0. The molecule has 0 spiro atoms. The van der Waals surface area contributed by atoms with Gasteiger partial charge in [0.25, 0.3) is 0 Å². The first kappa shape index (κ1) is 21.8. The van der Waals surface area contributed by atoms with E-state index in [2.05, 4.69) is 46.8 Å². The second-order valence-electron chi connectivity index (χ2n) is 9.07. The lowest BCUT2D eigenvalue weighted by Gasteiger charge is -2.30. The number of allylic oxidation sites excluding steroid dienone is 3. The second-order valence-corrected chi connectivity index (χ2v) is 9.07. The van der Waals surface area contributed by atoms with Crippen molar-refractivity contribution in [3.8, 4) is 0 Å². The maximum absolute atomic E-state index is 11.6. The van der Waals surface area contributed by atoms with Crippen LogP contribution in [0.1, 0.15) is 75.7 Å². The predicted octanol–water partition coefficient (Wildman–Crippen LogP) is 6.29. The maximum Gasteiger partial charge on any atom is 0.509 e. The van der Waals surface area contributed by atoms with Crippen LogP contribution in [0.25, 0.3) is 0 Å². The first-order chi connectivity index (χ1) is 10.1. The van der Waals surface area contributed by atoms with E-state index in [1.165, 1.54) is 0 Å². The summed E-state index contributed by atoms with van der Waals surface area (Å²) in [6.07, 6.45) is 6.56. The summed E-state index contributed by atoms with van der Waals surface area (Å²) in [5.41, 5.74) is 0.770. The Kier molecular flexibility index (Phi) is 7.59. The molecular formula is C20H36O3. The van der Waals surface area contributed by atoms with Crippen molar-refractivity contribution in [3.05, 3.63) is 23.8 Å². The fourth-order valence-corrected chi connectivity index (χ4v) is 2.84. The van der Waals surface area contributed by atoms with Gasteiger partial charge in [-0.05, 0) is 57.9 Å². The van der Waals surface area contributed by atoms with E-state index in [1.807, 2.05) is 26.8 Å². The summed E-state index contributed by atoms with van der Waals surface area (Å²) in [5.74, 6) is 0. The summed E-state index contributed by atoms with van der Waals surface area (Å²) < 4.78 is 10.4. The van der Waals surface area contributed by atoms with E-state index >= 15 is 0 Å². The third-order valence-electron chi connectivity index (χ3n) is 3.04. The van der Waals surface area contributed by atoms with E-state index in [9.17, 15) is 4.79 Å². The maximum atomic E-state index is 11.6. The van der Waals surface area contributed by atoms with E-state index < -0.39 is 11.8 Å². The molecule has 3 heteroatoms. The van der Waals surface area contributed by atoms with Crippen LogP contribution in [0.15, 0.2) is 23.8 Å². The highest BCUT2D eigenvalue weighted by atomic mass is 16.7. The van der Waals surface area contributed by atoms with Crippen LogP contribution < -0.4 is 0 Å². The minimum absolute atomic E-state index is 0.120. The molecule has 0 radical (unpaired) electrons. The monoisotopic (exact) mass is 324 g/mol. The normalized spacial score (nSPS) is 14.5. The van der Waals surface area contributed by atoms with Crippen molar-refractivity contribution in [2.24, 2.45) is 10.8 Å². The number of hydrogen-bond donors (Lipinski definition) is 0. The lowest BCUT2D eigenvalue weighted by Crippen LogP contribution is -2.27. The fraction of sp³-hybridized carbons (Fsp3) is 0.750. The Balaban J connectivity index is 4.86. The molecule has 0 aromatic heterocycles. The van der Waals surface area contributed by atoms with Gasteiger partial charge in [-0.1, -0.05) is 52.3 Å². The number of carbonyl (C=O) groups excluding carboxylic acids is 1. The van der Waals surface area contributed by atoms with E-state index in [0.717, 1.165) is 12.0 Å². The Morgan fingerprint density at radius 3 is 2.00 bits per heavy atom. The average molecular weight is 325 g/mol. The van der Waals surface area contributed by atoms with Crippen LogP contribution in [0.4, 0.5) is 4.79 Å². The van der Waals surface area contributed by atoms with Gasteiger partial charge in [-0.15, -0.1) is 0 Å². The Morgan fingerprint density at radius 1 is 1.04 bits per heavy atom. The molecule has 0 bridgehead atoms. The zero-order valence-corrected chi connectivity index (χ0v) is 16.7. The summed E-state index contributed by atoms with van der Waals surface area (Å²) in [4.78, 5) is 11.6. The third kappa shape index (κ3) is 11.9. The van der Waals surface area contributed by atoms with Gasteiger partial charge in [-0.3, -0.25) is 0 Å². The van der Waals surface area contributed by atoms with Gasteiger partial charge in [0.05, 0.1) is 6.10 Å². The van der Waals surface area contributed by atoms with Crippen LogP contribution in [0.3, 0.4) is 0 Å². The van der Waals surface area contributed by atoms with Crippen LogP contribution in [0, 0.1) is 10.8 Å². The second kappa shape index (κ2) is 8.03. The smallest absolute Gasteiger partial charge is 0.432 e. The summed E-state index contributed by atoms with van der Waals surface area (Å²) in [6, 6.07) is 0. The molecule has 0 aromatic rings. The Morgan fingerprint density at radius 2 is 1.57 bits per heavy atom. The Hall–Kier alpha value is -1.25. The van der Waals surface area contributed by atoms with Crippen molar-refractivity contribution >= 4 is 6.16 Å². The Labute approximate surface area is 143 Å². The van der Waals surface area contributed by atoms with Crippen molar-refractivity contribution in [2.75, 3.05) is 0 Å². The molecular weight excluding hydrogens is 288 g/mol. The zero-order chi connectivity index (χ0) is 18.5. The quantitative estimate of drug-likeness (QED) is 0.425.